The Balaban J connectivity index is 1.60. The zero-order valence-corrected chi connectivity index (χ0v) is 19.4. The van der Waals surface area contributed by atoms with Gasteiger partial charge in [0.05, 0.1) is 17.4 Å². The van der Waals surface area contributed by atoms with Gasteiger partial charge in [0.25, 0.3) is 0 Å². The number of fused-ring (bicyclic) bond motifs is 1. The Hall–Kier alpha value is -3.37. The van der Waals surface area contributed by atoms with E-state index >= 15 is 0 Å². The topological polar surface area (TPSA) is 58.2 Å². The van der Waals surface area contributed by atoms with Crippen LogP contribution in [0.5, 0.6) is 0 Å². The SMILES string of the molecule is CC1(C)CC(=O)C2=C(C1)Nc1cc(C(=O)c3ccccc3)ccc1N[C@@H]2c1ccc(Cl)cc1. The van der Waals surface area contributed by atoms with Gasteiger partial charge in [0.1, 0.15) is 0 Å². The predicted molar refractivity (Wildman–Crippen MR) is 133 cm³/mol. The van der Waals surface area contributed by atoms with E-state index in [1.54, 1.807) is 0 Å². The number of carbonyl (C=O) groups excluding carboxylic acids is 2. The summed E-state index contributed by atoms with van der Waals surface area (Å²) in [4.78, 5) is 26.4. The van der Waals surface area contributed by atoms with Crippen molar-refractivity contribution in [3.05, 3.63) is 106 Å². The lowest BCUT2D eigenvalue weighted by atomic mass is 9.73. The van der Waals surface area contributed by atoms with Crippen molar-refractivity contribution < 1.29 is 9.59 Å². The summed E-state index contributed by atoms with van der Waals surface area (Å²) in [6.07, 6.45) is 1.24. The van der Waals surface area contributed by atoms with Gasteiger partial charge in [-0.2, -0.15) is 0 Å². The highest BCUT2D eigenvalue weighted by Gasteiger charge is 2.38. The Bertz CT molecular complexity index is 1280. The molecule has 0 saturated carbocycles. The van der Waals surface area contributed by atoms with Crippen molar-refractivity contribution in [1.29, 1.82) is 0 Å². The minimum absolute atomic E-state index is 0.0343. The maximum Gasteiger partial charge on any atom is 0.193 e. The minimum atomic E-state index is -0.301. The molecular weight excluding hydrogens is 432 g/mol. The van der Waals surface area contributed by atoms with Crippen molar-refractivity contribution >= 4 is 34.5 Å². The largest absolute Gasteiger partial charge is 0.372 e. The first kappa shape index (κ1) is 21.5. The molecule has 1 atom stereocenters. The average Bonchev–Trinajstić information content (AvgIpc) is 2.95. The quantitative estimate of drug-likeness (QED) is 0.426. The van der Waals surface area contributed by atoms with E-state index in [9.17, 15) is 9.59 Å². The number of Topliss-reactive ketones (excluding diaryl/α,β-unsaturated/α-hetero) is 1. The minimum Gasteiger partial charge on any atom is -0.372 e. The third kappa shape index (κ3) is 4.19. The van der Waals surface area contributed by atoms with Gasteiger partial charge in [-0.3, -0.25) is 9.59 Å². The Morgan fingerprint density at radius 1 is 0.909 bits per heavy atom. The van der Waals surface area contributed by atoms with Gasteiger partial charge >= 0.3 is 0 Å². The first-order valence-electron chi connectivity index (χ1n) is 11.1. The molecule has 0 bridgehead atoms. The number of hydrogen-bond acceptors (Lipinski definition) is 4. The fourth-order valence-electron chi connectivity index (χ4n) is 4.75. The second-order valence-electron chi connectivity index (χ2n) is 9.54. The van der Waals surface area contributed by atoms with Crippen LogP contribution >= 0.6 is 11.6 Å². The number of ketones is 2. The maximum atomic E-state index is 13.3. The predicted octanol–water partition coefficient (Wildman–Crippen LogP) is 6.79. The Morgan fingerprint density at radius 2 is 1.64 bits per heavy atom. The smallest absolute Gasteiger partial charge is 0.193 e. The summed E-state index contributed by atoms with van der Waals surface area (Å²) in [7, 11) is 0. The molecule has 0 aromatic heterocycles. The lowest BCUT2D eigenvalue weighted by molar-refractivity contribution is -0.118. The highest BCUT2D eigenvalue weighted by atomic mass is 35.5. The van der Waals surface area contributed by atoms with Crippen molar-refractivity contribution in [2.45, 2.75) is 32.7 Å². The van der Waals surface area contributed by atoms with Gasteiger partial charge in [-0.05, 0) is 47.7 Å². The van der Waals surface area contributed by atoms with Crippen LogP contribution in [0.3, 0.4) is 0 Å². The summed E-state index contributed by atoms with van der Waals surface area (Å²) in [5.74, 6) is 0.0996. The van der Waals surface area contributed by atoms with Crippen molar-refractivity contribution in [3.8, 4) is 0 Å². The normalized spacial score (nSPS) is 19.0. The molecule has 3 aromatic rings. The highest BCUT2D eigenvalue weighted by molar-refractivity contribution is 6.30. The van der Waals surface area contributed by atoms with E-state index < -0.39 is 0 Å². The number of nitrogens with one attached hydrogen (secondary N) is 2. The molecule has 1 heterocycles. The monoisotopic (exact) mass is 456 g/mol. The number of allylic oxidation sites excluding steroid dienone is 1. The number of rotatable bonds is 3. The third-order valence-electron chi connectivity index (χ3n) is 6.32. The third-order valence-corrected chi connectivity index (χ3v) is 6.57. The standard InChI is InChI=1S/C28H25ClN2O2/c1-28(2)15-23-25(24(32)16-28)26(17-8-11-20(29)12-9-17)31-21-13-10-19(14-22(21)30-23)27(33)18-6-4-3-5-7-18/h3-14,26,30-31H,15-16H2,1-2H3/t26-/m1/s1. The molecule has 1 aliphatic carbocycles. The van der Waals surface area contributed by atoms with Crippen LogP contribution in [0.2, 0.25) is 5.02 Å². The lowest BCUT2D eigenvalue weighted by Crippen LogP contribution is -2.31. The van der Waals surface area contributed by atoms with Gasteiger partial charge in [0, 0.05) is 33.8 Å². The van der Waals surface area contributed by atoms with Gasteiger partial charge < -0.3 is 10.6 Å². The van der Waals surface area contributed by atoms with E-state index in [4.69, 9.17) is 11.6 Å². The van der Waals surface area contributed by atoms with Gasteiger partial charge in [-0.1, -0.05) is 67.9 Å². The van der Waals surface area contributed by atoms with E-state index in [-0.39, 0.29) is 23.0 Å². The lowest BCUT2D eigenvalue weighted by Gasteiger charge is -2.34. The molecule has 0 radical (unpaired) electrons. The molecule has 0 amide bonds. The Kier molecular flexibility index (Phi) is 5.34. The van der Waals surface area contributed by atoms with Crippen LogP contribution in [0.15, 0.2) is 84.1 Å². The van der Waals surface area contributed by atoms with Gasteiger partial charge in [0.15, 0.2) is 11.6 Å². The van der Waals surface area contributed by atoms with Gasteiger partial charge in [-0.15, -0.1) is 0 Å². The molecule has 33 heavy (non-hydrogen) atoms. The molecule has 0 saturated heterocycles. The number of carbonyl (C=O) groups is 2. The highest BCUT2D eigenvalue weighted by Crippen LogP contribution is 2.45. The van der Waals surface area contributed by atoms with Crippen LogP contribution in [-0.2, 0) is 4.79 Å². The van der Waals surface area contributed by atoms with Crippen LogP contribution in [0.1, 0.15) is 54.2 Å². The van der Waals surface area contributed by atoms with Crippen LogP contribution in [0.4, 0.5) is 11.4 Å². The first-order valence-corrected chi connectivity index (χ1v) is 11.5. The van der Waals surface area contributed by atoms with Crippen molar-refractivity contribution in [2.75, 3.05) is 10.6 Å². The fourth-order valence-corrected chi connectivity index (χ4v) is 4.87. The van der Waals surface area contributed by atoms with Crippen molar-refractivity contribution in [1.82, 2.24) is 0 Å². The Labute approximate surface area is 198 Å². The number of anilines is 2. The van der Waals surface area contributed by atoms with E-state index in [0.717, 1.165) is 34.6 Å². The number of halogens is 1. The maximum absolute atomic E-state index is 13.3. The summed E-state index contributed by atoms with van der Waals surface area (Å²) in [5, 5.41) is 7.74. The van der Waals surface area contributed by atoms with Gasteiger partial charge in [-0.25, -0.2) is 0 Å². The molecule has 3 aromatic carbocycles. The summed E-state index contributed by atoms with van der Waals surface area (Å²) >= 11 is 6.12. The van der Waals surface area contributed by atoms with Crippen LogP contribution in [0.25, 0.3) is 0 Å². The van der Waals surface area contributed by atoms with Crippen LogP contribution < -0.4 is 10.6 Å². The molecule has 4 nitrogen and oxygen atoms in total. The summed E-state index contributed by atoms with van der Waals surface area (Å²) in [6.45, 7) is 4.23. The summed E-state index contributed by atoms with van der Waals surface area (Å²) in [6, 6.07) is 22.2. The summed E-state index contributed by atoms with van der Waals surface area (Å²) in [5.41, 5.74) is 5.38. The van der Waals surface area contributed by atoms with Gasteiger partial charge in [0.2, 0.25) is 0 Å². The van der Waals surface area contributed by atoms with E-state index in [1.165, 1.54) is 0 Å². The number of benzene rings is 3. The van der Waals surface area contributed by atoms with Crippen molar-refractivity contribution in [2.24, 2.45) is 5.41 Å². The average molecular weight is 457 g/mol. The molecule has 5 rings (SSSR count). The molecule has 0 unspecified atom stereocenters. The molecule has 1 aliphatic heterocycles. The molecular formula is C28H25ClN2O2. The second kappa shape index (κ2) is 8.20. The molecule has 0 fully saturated rings. The van der Waals surface area contributed by atoms with Crippen LogP contribution in [-0.4, -0.2) is 11.6 Å². The first-order chi connectivity index (χ1) is 15.8. The van der Waals surface area contributed by atoms with E-state index in [1.807, 2.05) is 72.8 Å². The Morgan fingerprint density at radius 3 is 2.36 bits per heavy atom. The van der Waals surface area contributed by atoms with E-state index in [2.05, 4.69) is 24.5 Å². The van der Waals surface area contributed by atoms with E-state index in [0.29, 0.717) is 22.6 Å². The van der Waals surface area contributed by atoms with Crippen LogP contribution in [0, 0.1) is 5.41 Å². The molecule has 0 spiro atoms. The second-order valence-corrected chi connectivity index (χ2v) is 9.98. The molecule has 2 N–H and O–H groups in total. The molecule has 2 aliphatic rings. The fraction of sp³-hybridized carbons (Fsp3) is 0.214. The van der Waals surface area contributed by atoms with Crippen molar-refractivity contribution in [3.63, 3.8) is 0 Å². The summed E-state index contributed by atoms with van der Waals surface area (Å²) < 4.78 is 0. The zero-order valence-electron chi connectivity index (χ0n) is 18.6. The molecule has 5 heteroatoms. The molecule has 166 valence electrons. The number of hydrogen-bond donors (Lipinski definition) is 2. The zero-order chi connectivity index (χ0) is 23.2.